The third-order valence-electron chi connectivity index (χ3n) is 3.70. The average Bonchev–Trinajstić information content (AvgIpc) is 2.82. The number of likely N-dealkylation sites (tertiary alicyclic amines) is 1. The van der Waals surface area contributed by atoms with Crippen LogP contribution in [-0.4, -0.2) is 47.6 Å². The van der Waals surface area contributed by atoms with E-state index >= 15 is 0 Å². The third-order valence-corrected chi connectivity index (χ3v) is 3.70. The lowest BCUT2D eigenvalue weighted by molar-refractivity contribution is -0.133. The van der Waals surface area contributed by atoms with E-state index in [-0.39, 0.29) is 23.8 Å². The molecule has 0 bridgehead atoms. The fourth-order valence-corrected chi connectivity index (χ4v) is 2.67. The lowest BCUT2D eigenvalue weighted by atomic mass is 9.93. The summed E-state index contributed by atoms with van der Waals surface area (Å²) < 4.78 is 0. The summed E-state index contributed by atoms with van der Waals surface area (Å²) in [7, 11) is 0. The van der Waals surface area contributed by atoms with Crippen LogP contribution >= 0.6 is 0 Å². The zero-order chi connectivity index (χ0) is 14.7. The summed E-state index contributed by atoms with van der Waals surface area (Å²) in [6.07, 6.45) is 0. The van der Waals surface area contributed by atoms with Crippen molar-refractivity contribution >= 4 is 11.8 Å². The molecule has 2 rings (SSSR count). The lowest BCUT2D eigenvalue weighted by Gasteiger charge is -2.19. The summed E-state index contributed by atoms with van der Waals surface area (Å²) in [5, 5.41) is 11.9. The molecule has 1 heterocycles. The Labute approximate surface area is 118 Å². The maximum absolute atomic E-state index is 11.6. The quantitative estimate of drug-likeness (QED) is 0.840. The molecule has 1 aromatic carbocycles. The molecule has 108 valence electrons. The predicted molar refractivity (Wildman–Crippen MR) is 75.2 cm³/mol. The van der Waals surface area contributed by atoms with E-state index in [0.29, 0.717) is 13.1 Å². The predicted octanol–water partition coefficient (Wildman–Crippen LogP) is 0.418. The van der Waals surface area contributed by atoms with E-state index in [2.05, 4.69) is 5.32 Å². The molecule has 5 nitrogen and oxygen atoms in total. The third kappa shape index (κ3) is 3.17. The van der Waals surface area contributed by atoms with Crippen LogP contribution in [0.2, 0.25) is 0 Å². The van der Waals surface area contributed by atoms with Crippen molar-refractivity contribution < 1.29 is 14.7 Å². The summed E-state index contributed by atoms with van der Waals surface area (Å²) in [5.74, 6) is -0.338. The first-order valence-corrected chi connectivity index (χ1v) is 6.73. The van der Waals surface area contributed by atoms with Crippen LogP contribution in [-0.2, 0) is 9.59 Å². The number of nitrogens with one attached hydrogen (secondary N) is 1. The fourth-order valence-electron chi connectivity index (χ4n) is 2.67. The van der Waals surface area contributed by atoms with Gasteiger partial charge in [-0.25, -0.2) is 0 Å². The number of carbonyl (C=O) groups is 2. The van der Waals surface area contributed by atoms with Crippen LogP contribution in [0.5, 0.6) is 0 Å². The van der Waals surface area contributed by atoms with E-state index in [4.69, 9.17) is 5.11 Å². The Kier molecular flexibility index (Phi) is 4.39. The molecule has 0 spiro atoms. The van der Waals surface area contributed by atoms with Crippen molar-refractivity contribution in [3.63, 3.8) is 0 Å². The molecule has 1 saturated heterocycles. The smallest absolute Gasteiger partial charge is 0.248 e. The Morgan fingerprint density at radius 1 is 1.30 bits per heavy atom. The summed E-state index contributed by atoms with van der Waals surface area (Å²) >= 11 is 0. The molecule has 2 atom stereocenters. The highest BCUT2D eigenvalue weighted by molar-refractivity contribution is 5.78. The van der Waals surface area contributed by atoms with Gasteiger partial charge in [0, 0.05) is 25.9 Å². The van der Waals surface area contributed by atoms with E-state index < -0.39 is 6.61 Å². The van der Waals surface area contributed by atoms with Gasteiger partial charge in [-0.05, 0) is 12.5 Å². The number of benzene rings is 1. The van der Waals surface area contributed by atoms with Gasteiger partial charge in [-0.3, -0.25) is 9.59 Å². The van der Waals surface area contributed by atoms with Gasteiger partial charge in [0.2, 0.25) is 11.8 Å². The standard InChI is InChI=1S/C15H20N2O3/c1-10-3-5-12(6-4-10)13-7-17(15(20)9-18)8-14(13)16-11(2)19/h3-6,13-14,18H,7-9H2,1-2H3,(H,16,19)/t13-,14+/m0/s1. The molecular formula is C15H20N2O3. The highest BCUT2D eigenvalue weighted by atomic mass is 16.3. The van der Waals surface area contributed by atoms with E-state index in [9.17, 15) is 9.59 Å². The van der Waals surface area contributed by atoms with Crippen LogP contribution in [0.15, 0.2) is 24.3 Å². The average molecular weight is 276 g/mol. The molecular weight excluding hydrogens is 256 g/mol. The van der Waals surface area contributed by atoms with Crippen LogP contribution in [0.3, 0.4) is 0 Å². The molecule has 1 aromatic rings. The van der Waals surface area contributed by atoms with Crippen LogP contribution in [0.25, 0.3) is 0 Å². The number of carbonyl (C=O) groups excluding carboxylic acids is 2. The van der Waals surface area contributed by atoms with Gasteiger partial charge in [0.15, 0.2) is 0 Å². The van der Waals surface area contributed by atoms with E-state index in [0.717, 1.165) is 5.56 Å². The van der Waals surface area contributed by atoms with Gasteiger partial charge in [0.1, 0.15) is 6.61 Å². The Hall–Kier alpha value is -1.88. The van der Waals surface area contributed by atoms with Crippen molar-refractivity contribution in [1.29, 1.82) is 0 Å². The minimum Gasteiger partial charge on any atom is -0.387 e. The van der Waals surface area contributed by atoms with Gasteiger partial charge in [0.25, 0.3) is 0 Å². The second-order valence-corrected chi connectivity index (χ2v) is 5.28. The highest BCUT2D eigenvalue weighted by Crippen LogP contribution is 2.28. The topological polar surface area (TPSA) is 69.6 Å². The summed E-state index contributed by atoms with van der Waals surface area (Å²) in [4.78, 5) is 24.6. The van der Waals surface area contributed by atoms with Crippen molar-refractivity contribution in [1.82, 2.24) is 10.2 Å². The van der Waals surface area contributed by atoms with Crippen molar-refractivity contribution in [3.8, 4) is 0 Å². The monoisotopic (exact) mass is 276 g/mol. The Balaban J connectivity index is 2.20. The number of hydrogen-bond acceptors (Lipinski definition) is 3. The number of amides is 2. The zero-order valence-electron chi connectivity index (χ0n) is 11.8. The van der Waals surface area contributed by atoms with Crippen molar-refractivity contribution in [2.45, 2.75) is 25.8 Å². The van der Waals surface area contributed by atoms with Crippen LogP contribution in [0.1, 0.15) is 24.0 Å². The maximum Gasteiger partial charge on any atom is 0.248 e. The number of aliphatic hydroxyl groups excluding tert-OH is 1. The van der Waals surface area contributed by atoms with Gasteiger partial charge in [-0.15, -0.1) is 0 Å². The summed E-state index contributed by atoms with van der Waals surface area (Å²) in [6.45, 7) is 3.96. The van der Waals surface area contributed by atoms with Gasteiger partial charge < -0.3 is 15.3 Å². The summed E-state index contributed by atoms with van der Waals surface area (Å²) in [6, 6.07) is 8.00. The number of rotatable bonds is 3. The van der Waals surface area contributed by atoms with E-state index in [1.165, 1.54) is 12.5 Å². The van der Waals surface area contributed by atoms with Gasteiger partial charge in [-0.1, -0.05) is 29.8 Å². The first kappa shape index (κ1) is 14.5. The van der Waals surface area contributed by atoms with Crippen molar-refractivity contribution in [2.75, 3.05) is 19.7 Å². The molecule has 1 fully saturated rings. The largest absolute Gasteiger partial charge is 0.387 e. The van der Waals surface area contributed by atoms with E-state index in [1.807, 2.05) is 31.2 Å². The highest BCUT2D eigenvalue weighted by Gasteiger charge is 2.36. The second-order valence-electron chi connectivity index (χ2n) is 5.28. The minimum absolute atomic E-state index is 0.0648. The molecule has 2 N–H and O–H groups in total. The Morgan fingerprint density at radius 3 is 2.50 bits per heavy atom. The molecule has 1 aliphatic rings. The zero-order valence-corrected chi connectivity index (χ0v) is 11.8. The normalized spacial score (nSPS) is 21.9. The van der Waals surface area contributed by atoms with Crippen LogP contribution < -0.4 is 5.32 Å². The summed E-state index contributed by atoms with van der Waals surface area (Å²) in [5.41, 5.74) is 2.27. The molecule has 0 aliphatic carbocycles. The van der Waals surface area contributed by atoms with Crippen LogP contribution in [0.4, 0.5) is 0 Å². The van der Waals surface area contributed by atoms with Crippen molar-refractivity contribution in [2.24, 2.45) is 0 Å². The molecule has 1 aliphatic heterocycles. The number of nitrogens with zero attached hydrogens (tertiary/aromatic N) is 1. The Morgan fingerprint density at radius 2 is 1.95 bits per heavy atom. The molecule has 20 heavy (non-hydrogen) atoms. The minimum atomic E-state index is -0.493. The molecule has 5 heteroatoms. The first-order chi connectivity index (χ1) is 9.51. The first-order valence-electron chi connectivity index (χ1n) is 6.73. The second kappa shape index (κ2) is 6.05. The van der Waals surface area contributed by atoms with Crippen molar-refractivity contribution in [3.05, 3.63) is 35.4 Å². The molecule has 2 amide bonds. The molecule has 0 saturated carbocycles. The molecule has 0 aromatic heterocycles. The number of aliphatic hydroxyl groups is 1. The number of hydrogen-bond donors (Lipinski definition) is 2. The van der Waals surface area contributed by atoms with Gasteiger partial charge in [0.05, 0.1) is 6.04 Å². The molecule has 0 radical (unpaired) electrons. The number of aryl methyl sites for hydroxylation is 1. The SMILES string of the molecule is CC(=O)N[C@@H]1CN(C(=O)CO)C[C@H]1c1ccc(C)cc1. The molecule has 0 unspecified atom stereocenters. The van der Waals surface area contributed by atoms with Gasteiger partial charge >= 0.3 is 0 Å². The Bertz CT molecular complexity index is 498. The fraction of sp³-hybridized carbons (Fsp3) is 0.467. The van der Waals surface area contributed by atoms with E-state index in [1.54, 1.807) is 4.90 Å². The lowest BCUT2D eigenvalue weighted by Crippen LogP contribution is -2.39. The maximum atomic E-state index is 11.6. The van der Waals surface area contributed by atoms with Crippen LogP contribution in [0, 0.1) is 6.92 Å². The van der Waals surface area contributed by atoms with Gasteiger partial charge in [-0.2, -0.15) is 0 Å².